The minimum Gasteiger partial charge on any atom is -0.480 e. The lowest BCUT2D eigenvalue weighted by Crippen LogP contribution is -2.52. The van der Waals surface area contributed by atoms with Gasteiger partial charge in [0.2, 0.25) is 11.8 Å². The van der Waals surface area contributed by atoms with Crippen LogP contribution in [0.2, 0.25) is 0 Å². The van der Waals surface area contributed by atoms with E-state index >= 15 is 0 Å². The molecule has 3 N–H and O–H groups in total. The van der Waals surface area contributed by atoms with Crippen molar-refractivity contribution in [1.82, 2.24) is 10.6 Å². The number of carbonyl (C=O) groups is 3. The summed E-state index contributed by atoms with van der Waals surface area (Å²) in [7, 11) is 0. The van der Waals surface area contributed by atoms with E-state index in [-0.39, 0.29) is 18.2 Å². The maximum Gasteiger partial charge on any atom is 0.326 e. The molecule has 0 aromatic heterocycles. The van der Waals surface area contributed by atoms with Crippen LogP contribution in [0.4, 0.5) is 0 Å². The summed E-state index contributed by atoms with van der Waals surface area (Å²) < 4.78 is 0.926. The summed E-state index contributed by atoms with van der Waals surface area (Å²) in [5, 5.41) is 15.0. The predicted molar refractivity (Wildman–Crippen MR) is 124 cm³/mol. The fourth-order valence-electron chi connectivity index (χ4n) is 3.22. The highest BCUT2D eigenvalue weighted by atomic mass is 79.9. The normalized spacial score (nSPS) is 12.8. The number of carbonyl (C=O) groups excluding carboxylic acids is 2. The Morgan fingerprint density at radius 1 is 0.935 bits per heavy atom. The van der Waals surface area contributed by atoms with Crippen LogP contribution in [0.15, 0.2) is 59.1 Å². The van der Waals surface area contributed by atoms with Crippen LogP contribution >= 0.6 is 15.9 Å². The minimum absolute atomic E-state index is 0.150. The topological polar surface area (TPSA) is 95.5 Å². The summed E-state index contributed by atoms with van der Waals surface area (Å²) in [5.74, 6) is -1.68. The summed E-state index contributed by atoms with van der Waals surface area (Å²) >= 11 is 3.50. The largest absolute Gasteiger partial charge is 0.480 e. The van der Waals surface area contributed by atoms with Gasteiger partial charge < -0.3 is 15.7 Å². The number of hydrogen-bond acceptors (Lipinski definition) is 3. The molecule has 0 aliphatic rings. The lowest BCUT2D eigenvalue weighted by Gasteiger charge is -2.22. The molecule has 0 bridgehead atoms. The van der Waals surface area contributed by atoms with Gasteiger partial charge in [-0.3, -0.25) is 9.59 Å². The predicted octanol–water partition coefficient (Wildman–Crippen LogP) is 3.72. The number of benzene rings is 2. The Kier molecular flexibility index (Phi) is 9.72. The van der Waals surface area contributed by atoms with Gasteiger partial charge in [0.15, 0.2) is 0 Å². The number of hydrogen-bond donors (Lipinski definition) is 3. The number of rotatable bonds is 11. The molecule has 6 nitrogen and oxygen atoms in total. The van der Waals surface area contributed by atoms with E-state index in [4.69, 9.17) is 0 Å². The Labute approximate surface area is 191 Å². The molecule has 0 aliphatic heterocycles. The third-order valence-electron chi connectivity index (χ3n) is 4.80. The molecule has 0 heterocycles. The number of aliphatic carboxylic acids is 1. The molecule has 0 aliphatic carbocycles. The van der Waals surface area contributed by atoms with Gasteiger partial charge in [-0.25, -0.2) is 4.79 Å². The average molecular weight is 489 g/mol. The summed E-state index contributed by atoms with van der Waals surface area (Å²) in [5.41, 5.74) is 1.82. The van der Waals surface area contributed by atoms with Crippen molar-refractivity contribution in [1.29, 1.82) is 0 Å². The van der Waals surface area contributed by atoms with E-state index in [1.807, 2.05) is 68.4 Å². The molecule has 2 rings (SSSR count). The van der Waals surface area contributed by atoms with E-state index < -0.39 is 24.0 Å². The Balaban J connectivity index is 2.11. The summed E-state index contributed by atoms with van der Waals surface area (Å²) in [6.45, 7) is 3.85. The standard InChI is InChI=1S/C24H29BrN2O4/c1-16(2)14-22(28)26-20(13-12-18-10-6-7-11-19(18)25)23(29)27-21(24(30)31)15-17-8-4-3-5-9-17/h3-11,16,20-21H,12-15H2,1-2H3,(H,26,28)(H,27,29)(H,30,31)/t20-,21+/m1/s1. The van der Waals surface area contributed by atoms with Gasteiger partial charge in [0.1, 0.15) is 12.1 Å². The zero-order chi connectivity index (χ0) is 22.8. The van der Waals surface area contributed by atoms with Crippen molar-refractivity contribution in [3.8, 4) is 0 Å². The summed E-state index contributed by atoms with van der Waals surface area (Å²) in [6.07, 6.45) is 1.37. The van der Waals surface area contributed by atoms with Crippen LogP contribution in [-0.4, -0.2) is 35.0 Å². The second kappa shape index (κ2) is 12.2. The van der Waals surface area contributed by atoms with Gasteiger partial charge in [-0.05, 0) is 36.0 Å². The highest BCUT2D eigenvalue weighted by Crippen LogP contribution is 2.18. The van der Waals surface area contributed by atoms with E-state index in [1.165, 1.54) is 0 Å². The van der Waals surface area contributed by atoms with Crippen LogP contribution in [-0.2, 0) is 27.2 Å². The highest BCUT2D eigenvalue weighted by molar-refractivity contribution is 9.10. The number of halogens is 1. The summed E-state index contributed by atoms with van der Waals surface area (Å²) in [4.78, 5) is 37.1. The lowest BCUT2D eigenvalue weighted by atomic mass is 10.0. The van der Waals surface area contributed by atoms with Crippen LogP contribution in [0.25, 0.3) is 0 Å². The van der Waals surface area contributed by atoms with Gasteiger partial charge in [-0.15, -0.1) is 0 Å². The number of amides is 2. The van der Waals surface area contributed by atoms with Gasteiger partial charge in [0, 0.05) is 17.3 Å². The molecule has 0 fully saturated rings. The lowest BCUT2D eigenvalue weighted by molar-refractivity contribution is -0.142. The highest BCUT2D eigenvalue weighted by Gasteiger charge is 2.27. The van der Waals surface area contributed by atoms with E-state index in [0.29, 0.717) is 19.3 Å². The molecule has 166 valence electrons. The van der Waals surface area contributed by atoms with Crippen molar-refractivity contribution in [2.24, 2.45) is 5.92 Å². The molecule has 2 aromatic carbocycles. The van der Waals surface area contributed by atoms with Crippen molar-refractivity contribution in [3.05, 3.63) is 70.2 Å². The third kappa shape index (κ3) is 8.53. The van der Waals surface area contributed by atoms with E-state index in [2.05, 4.69) is 26.6 Å². The first kappa shape index (κ1) is 24.6. The number of carboxylic acids is 1. The Hall–Kier alpha value is -2.67. The molecular formula is C24H29BrN2O4. The Bertz CT molecular complexity index is 886. The van der Waals surface area contributed by atoms with Gasteiger partial charge >= 0.3 is 5.97 Å². The monoisotopic (exact) mass is 488 g/mol. The molecule has 31 heavy (non-hydrogen) atoms. The molecule has 0 radical (unpaired) electrons. The first-order chi connectivity index (χ1) is 14.8. The zero-order valence-electron chi connectivity index (χ0n) is 17.8. The van der Waals surface area contributed by atoms with E-state index in [9.17, 15) is 19.5 Å². The SMILES string of the molecule is CC(C)CC(=O)N[C@H](CCc1ccccc1Br)C(=O)N[C@@H](Cc1ccccc1)C(=O)O. The van der Waals surface area contributed by atoms with E-state index in [0.717, 1.165) is 15.6 Å². The second-order valence-electron chi connectivity index (χ2n) is 7.94. The number of aryl methyl sites for hydroxylation is 1. The van der Waals surface area contributed by atoms with Gasteiger partial charge in [-0.1, -0.05) is 78.3 Å². The fourth-order valence-corrected chi connectivity index (χ4v) is 3.70. The average Bonchev–Trinajstić information content (AvgIpc) is 2.71. The quantitative estimate of drug-likeness (QED) is 0.449. The molecule has 0 saturated carbocycles. The van der Waals surface area contributed by atoms with Crippen molar-refractivity contribution < 1.29 is 19.5 Å². The van der Waals surface area contributed by atoms with Gasteiger partial charge in [0.25, 0.3) is 0 Å². The van der Waals surface area contributed by atoms with Gasteiger partial charge in [0.05, 0.1) is 0 Å². The maximum atomic E-state index is 13.0. The molecule has 2 aromatic rings. The van der Waals surface area contributed by atoms with Crippen LogP contribution in [0.3, 0.4) is 0 Å². The Morgan fingerprint density at radius 3 is 2.19 bits per heavy atom. The second-order valence-corrected chi connectivity index (χ2v) is 8.79. The van der Waals surface area contributed by atoms with Crippen molar-refractivity contribution >= 4 is 33.7 Å². The number of nitrogens with one attached hydrogen (secondary N) is 2. The van der Waals surface area contributed by atoms with Crippen LogP contribution < -0.4 is 10.6 Å². The molecule has 7 heteroatoms. The Morgan fingerprint density at radius 2 is 1.58 bits per heavy atom. The van der Waals surface area contributed by atoms with E-state index in [1.54, 1.807) is 0 Å². The molecule has 2 atom stereocenters. The first-order valence-electron chi connectivity index (χ1n) is 10.4. The summed E-state index contributed by atoms with van der Waals surface area (Å²) in [6, 6.07) is 14.9. The molecule has 0 unspecified atom stereocenters. The minimum atomic E-state index is -1.12. The smallest absolute Gasteiger partial charge is 0.326 e. The van der Waals surface area contributed by atoms with Crippen LogP contribution in [0, 0.1) is 5.92 Å². The van der Waals surface area contributed by atoms with Crippen LogP contribution in [0.5, 0.6) is 0 Å². The fraction of sp³-hybridized carbons (Fsp3) is 0.375. The van der Waals surface area contributed by atoms with Crippen molar-refractivity contribution in [3.63, 3.8) is 0 Å². The van der Waals surface area contributed by atoms with Crippen LogP contribution in [0.1, 0.15) is 37.8 Å². The molecule has 2 amide bonds. The maximum absolute atomic E-state index is 13.0. The molecule has 0 saturated heterocycles. The van der Waals surface area contributed by atoms with Crippen molar-refractivity contribution in [2.45, 2.75) is 51.6 Å². The number of carboxylic acid groups (broad SMARTS) is 1. The zero-order valence-corrected chi connectivity index (χ0v) is 19.4. The first-order valence-corrected chi connectivity index (χ1v) is 11.2. The third-order valence-corrected chi connectivity index (χ3v) is 5.58. The molecular weight excluding hydrogens is 460 g/mol. The molecule has 0 spiro atoms. The van der Waals surface area contributed by atoms with Crippen molar-refractivity contribution in [2.75, 3.05) is 0 Å². The van der Waals surface area contributed by atoms with Gasteiger partial charge in [-0.2, -0.15) is 0 Å².